The highest BCUT2D eigenvalue weighted by atomic mass is 32.2. The molecule has 1 saturated heterocycles. The molecular weight excluding hydrogens is 318 g/mol. The molecule has 1 amide bonds. The monoisotopic (exact) mass is 341 g/mol. The molecule has 0 aliphatic carbocycles. The summed E-state index contributed by atoms with van der Waals surface area (Å²) in [4.78, 5) is 21.4. The van der Waals surface area contributed by atoms with Crippen LogP contribution >= 0.6 is 0 Å². The van der Waals surface area contributed by atoms with Gasteiger partial charge in [0, 0.05) is 25.5 Å². The van der Waals surface area contributed by atoms with Crippen molar-refractivity contribution in [2.45, 2.75) is 44.2 Å². The fourth-order valence-corrected chi connectivity index (χ4v) is 4.04. The van der Waals surface area contributed by atoms with Gasteiger partial charge in [-0.05, 0) is 39.5 Å². The van der Waals surface area contributed by atoms with Crippen LogP contribution in [0.15, 0.2) is 23.6 Å². The molecule has 0 radical (unpaired) electrons. The minimum Gasteiger partial charge on any atom is -0.444 e. The molecule has 1 aromatic heterocycles. The second kappa shape index (κ2) is 6.82. The molecule has 23 heavy (non-hydrogen) atoms. The molecular formula is C15H23N3O4S. The van der Waals surface area contributed by atoms with Crippen LogP contribution in [-0.2, 0) is 14.6 Å². The Bertz CT molecular complexity index is 640. The number of piperidine rings is 1. The van der Waals surface area contributed by atoms with Crippen LogP contribution in [-0.4, -0.2) is 53.8 Å². The molecule has 8 heteroatoms. The summed E-state index contributed by atoms with van der Waals surface area (Å²) in [5.74, 6) is -0.159. The van der Waals surface area contributed by atoms with Crippen molar-refractivity contribution in [3.05, 3.63) is 18.6 Å². The molecule has 1 atom stereocenters. The summed E-state index contributed by atoms with van der Waals surface area (Å²) < 4.78 is 30.1. The Morgan fingerprint density at radius 2 is 2.13 bits per heavy atom. The van der Waals surface area contributed by atoms with E-state index in [-0.39, 0.29) is 22.8 Å². The van der Waals surface area contributed by atoms with Gasteiger partial charge in [0.25, 0.3) is 0 Å². The Balaban J connectivity index is 2.00. The zero-order chi connectivity index (χ0) is 17.1. The third-order valence-electron chi connectivity index (χ3n) is 3.48. The quantitative estimate of drug-likeness (QED) is 0.834. The molecule has 1 unspecified atom stereocenters. The fourth-order valence-electron chi connectivity index (χ4n) is 2.54. The van der Waals surface area contributed by atoms with Crippen LogP contribution in [0.4, 0.5) is 4.79 Å². The fraction of sp³-hybridized carbons (Fsp3) is 0.667. The van der Waals surface area contributed by atoms with Crippen LogP contribution in [0.5, 0.6) is 0 Å². The van der Waals surface area contributed by atoms with Crippen molar-refractivity contribution in [2.24, 2.45) is 5.92 Å². The van der Waals surface area contributed by atoms with E-state index in [4.69, 9.17) is 4.74 Å². The van der Waals surface area contributed by atoms with Gasteiger partial charge < -0.3 is 9.64 Å². The highest BCUT2D eigenvalue weighted by Gasteiger charge is 2.31. The molecule has 1 aliphatic rings. The van der Waals surface area contributed by atoms with E-state index in [1.807, 2.05) is 20.8 Å². The summed E-state index contributed by atoms with van der Waals surface area (Å²) in [7, 11) is -3.50. The molecule has 1 aliphatic heterocycles. The summed E-state index contributed by atoms with van der Waals surface area (Å²) in [5.41, 5.74) is -0.560. The van der Waals surface area contributed by atoms with Crippen molar-refractivity contribution in [2.75, 3.05) is 18.8 Å². The van der Waals surface area contributed by atoms with Crippen LogP contribution in [0.25, 0.3) is 0 Å². The largest absolute Gasteiger partial charge is 0.444 e. The molecule has 0 N–H and O–H groups in total. The lowest BCUT2D eigenvalue weighted by Crippen LogP contribution is -2.44. The summed E-state index contributed by atoms with van der Waals surface area (Å²) in [6, 6.07) is 0. The molecule has 1 fully saturated rings. The molecule has 0 saturated carbocycles. The number of sulfone groups is 1. The Labute approximate surface area is 137 Å². The lowest BCUT2D eigenvalue weighted by molar-refractivity contribution is 0.0176. The van der Waals surface area contributed by atoms with Crippen molar-refractivity contribution >= 4 is 15.9 Å². The second-order valence-corrected chi connectivity index (χ2v) is 8.74. The molecule has 0 aromatic carbocycles. The number of rotatable bonds is 3. The number of hydrogen-bond donors (Lipinski definition) is 0. The topological polar surface area (TPSA) is 89.5 Å². The van der Waals surface area contributed by atoms with Gasteiger partial charge in [-0.25, -0.2) is 18.2 Å². The van der Waals surface area contributed by atoms with Gasteiger partial charge in [0.1, 0.15) is 5.60 Å². The van der Waals surface area contributed by atoms with Crippen molar-refractivity contribution in [3.8, 4) is 0 Å². The molecule has 128 valence electrons. The van der Waals surface area contributed by atoms with E-state index in [2.05, 4.69) is 9.97 Å². The summed E-state index contributed by atoms with van der Waals surface area (Å²) in [6.45, 7) is 6.41. The normalized spacial score (nSPS) is 19.4. The molecule has 0 spiro atoms. The van der Waals surface area contributed by atoms with E-state index in [0.29, 0.717) is 13.1 Å². The Morgan fingerprint density at radius 1 is 1.39 bits per heavy atom. The van der Waals surface area contributed by atoms with Crippen LogP contribution < -0.4 is 0 Å². The van der Waals surface area contributed by atoms with Crippen LogP contribution in [0.1, 0.15) is 33.6 Å². The van der Waals surface area contributed by atoms with Gasteiger partial charge in [-0.3, -0.25) is 4.98 Å². The second-order valence-electron chi connectivity index (χ2n) is 6.76. The Kier molecular flexibility index (Phi) is 5.23. The van der Waals surface area contributed by atoms with Crippen molar-refractivity contribution in [1.82, 2.24) is 14.9 Å². The standard InChI is InChI=1S/C15H23N3O4S/c1-15(2,3)22-14(19)18-8-4-5-12(10-18)11-23(20,21)13-9-16-6-7-17-13/h6-7,9,12H,4-5,8,10-11H2,1-3H3. The highest BCUT2D eigenvalue weighted by Crippen LogP contribution is 2.22. The highest BCUT2D eigenvalue weighted by molar-refractivity contribution is 7.91. The molecule has 7 nitrogen and oxygen atoms in total. The van der Waals surface area contributed by atoms with Crippen LogP contribution in [0, 0.1) is 5.92 Å². The van der Waals surface area contributed by atoms with Crippen molar-refractivity contribution in [3.63, 3.8) is 0 Å². The lowest BCUT2D eigenvalue weighted by atomic mass is 10.0. The maximum atomic E-state index is 12.4. The molecule has 0 bridgehead atoms. The minimum atomic E-state index is -3.50. The first-order valence-electron chi connectivity index (χ1n) is 7.64. The first-order valence-corrected chi connectivity index (χ1v) is 9.29. The number of amides is 1. The van der Waals surface area contributed by atoms with E-state index >= 15 is 0 Å². The van der Waals surface area contributed by atoms with E-state index < -0.39 is 15.4 Å². The summed E-state index contributed by atoms with van der Waals surface area (Å²) in [6.07, 6.45) is 5.19. The average molecular weight is 341 g/mol. The first kappa shape index (κ1) is 17.7. The van der Waals surface area contributed by atoms with Gasteiger partial charge in [0.05, 0.1) is 11.9 Å². The van der Waals surface area contributed by atoms with Gasteiger partial charge in [0.15, 0.2) is 14.9 Å². The van der Waals surface area contributed by atoms with Crippen LogP contribution in [0.2, 0.25) is 0 Å². The molecule has 2 rings (SSSR count). The lowest BCUT2D eigenvalue weighted by Gasteiger charge is -2.33. The number of likely N-dealkylation sites (tertiary alicyclic amines) is 1. The predicted octanol–water partition coefficient (Wildman–Crippen LogP) is 1.90. The first-order chi connectivity index (χ1) is 10.7. The smallest absolute Gasteiger partial charge is 0.410 e. The number of nitrogens with zero attached hydrogens (tertiary/aromatic N) is 3. The summed E-state index contributed by atoms with van der Waals surface area (Å²) >= 11 is 0. The van der Waals surface area contributed by atoms with Gasteiger partial charge in [-0.15, -0.1) is 0 Å². The zero-order valence-electron chi connectivity index (χ0n) is 13.7. The maximum Gasteiger partial charge on any atom is 0.410 e. The molecule has 2 heterocycles. The average Bonchev–Trinajstić information content (AvgIpc) is 2.46. The van der Waals surface area contributed by atoms with Gasteiger partial charge in [0.2, 0.25) is 0 Å². The molecule has 1 aromatic rings. The Hall–Kier alpha value is -1.70. The number of carbonyl (C=O) groups is 1. The third-order valence-corrected chi connectivity index (χ3v) is 5.24. The van der Waals surface area contributed by atoms with Gasteiger partial charge in [-0.1, -0.05) is 0 Å². The summed E-state index contributed by atoms with van der Waals surface area (Å²) in [5, 5.41) is -0.0191. The number of ether oxygens (including phenoxy) is 1. The van der Waals surface area contributed by atoms with Crippen LogP contribution in [0.3, 0.4) is 0 Å². The number of aromatic nitrogens is 2. The minimum absolute atomic E-state index is 0.0191. The van der Waals surface area contributed by atoms with E-state index in [1.54, 1.807) is 4.90 Å². The van der Waals surface area contributed by atoms with Gasteiger partial charge >= 0.3 is 6.09 Å². The maximum absolute atomic E-state index is 12.4. The van der Waals surface area contributed by atoms with Gasteiger partial charge in [-0.2, -0.15) is 0 Å². The number of hydrogen-bond acceptors (Lipinski definition) is 6. The van der Waals surface area contributed by atoms with E-state index in [1.165, 1.54) is 18.6 Å². The SMILES string of the molecule is CC(C)(C)OC(=O)N1CCCC(CS(=O)(=O)c2cnccn2)C1. The predicted molar refractivity (Wildman–Crippen MR) is 84.6 cm³/mol. The van der Waals surface area contributed by atoms with E-state index in [0.717, 1.165) is 12.8 Å². The van der Waals surface area contributed by atoms with Crippen molar-refractivity contribution in [1.29, 1.82) is 0 Å². The Morgan fingerprint density at radius 3 is 2.74 bits per heavy atom. The zero-order valence-corrected chi connectivity index (χ0v) is 14.5. The third kappa shape index (κ3) is 5.16. The van der Waals surface area contributed by atoms with Crippen molar-refractivity contribution < 1.29 is 17.9 Å². The van der Waals surface area contributed by atoms with E-state index in [9.17, 15) is 13.2 Å². The number of carbonyl (C=O) groups excluding carboxylic acids is 1.